The van der Waals surface area contributed by atoms with Crippen LogP contribution in [0.4, 0.5) is 0 Å². The van der Waals surface area contributed by atoms with E-state index in [1.54, 1.807) is 6.92 Å². The van der Waals surface area contributed by atoms with Crippen molar-refractivity contribution in [3.05, 3.63) is 0 Å². The maximum atomic E-state index is 9.99. The molecule has 8 heteroatoms. The van der Waals surface area contributed by atoms with E-state index in [1.807, 2.05) is 0 Å². The van der Waals surface area contributed by atoms with Crippen molar-refractivity contribution < 1.29 is 32.1 Å². The lowest BCUT2D eigenvalue weighted by molar-refractivity contribution is -0.142. The summed E-state index contributed by atoms with van der Waals surface area (Å²) in [7, 11) is -3.90. The quantitative estimate of drug-likeness (QED) is 0.372. The van der Waals surface area contributed by atoms with Gasteiger partial charge in [0.15, 0.2) is 0 Å². The van der Waals surface area contributed by atoms with E-state index in [0.29, 0.717) is 0 Å². The van der Waals surface area contributed by atoms with Gasteiger partial charge in [0.1, 0.15) is 0 Å². The molecule has 0 aliphatic carbocycles. The van der Waals surface area contributed by atoms with Gasteiger partial charge in [-0.2, -0.15) is 0 Å². The molecular weight excluding hydrogens is 200 g/mol. The summed E-state index contributed by atoms with van der Waals surface area (Å²) in [6, 6.07) is 0. The zero-order chi connectivity index (χ0) is 10.2. The van der Waals surface area contributed by atoms with E-state index in [4.69, 9.17) is 4.43 Å². The van der Waals surface area contributed by atoms with Gasteiger partial charge < -0.3 is 17.7 Å². The van der Waals surface area contributed by atoms with Crippen molar-refractivity contribution in [2.75, 3.05) is 6.61 Å². The summed E-state index contributed by atoms with van der Waals surface area (Å²) in [6.45, 7) is 1.57. The Hall–Kier alpha value is -1.41. The van der Waals surface area contributed by atoms with Gasteiger partial charge >= 0.3 is 9.05 Å². The Kier molecular flexibility index (Phi) is 5.47. The largest absolute Gasteiger partial charge is 0.898 e. The maximum Gasteiger partial charge on any atom is 0.898 e. The highest BCUT2D eigenvalue weighted by Gasteiger charge is 2.53. The van der Waals surface area contributed by atoms with Crippen LogP contribution in [0.1, 0.15) is 6.92 Å². The van der Waals surface area contributed by atoms with Crippen LogP contribution in [-0.4, -0.2) is 35.1 Å². The van der Waals surface area contributed by atoms with E-state index in [0.717, 1.165) is 0 Å². The minimum Gasteiger partial charge on any atom is -0.435 e. The molecule has 0 unspecified atom stereocenters. The summed E-state index contributed by atoms with van der Waals surface area (Å²) in [5.41, 5.74) is 0. The molecule has 0 atom stereocenters. The smallest absolute Gasteiger partial charge is 0.435 e. The molecule has 74 valence electrons. The summed E-state index contributed by atoms with van der Waals surface area (Å²) in [5.74, 6) is 0. The topological polar surface area (TPSA) is 88.1 Å². The van der Waals surface area contributed by atoms with Crippen LogP contribution in [0, 0.1) is 0 Å². The Labute approximate surface area is 75.0 Å². The monoisotopic (exact) mass is 208 g/mol. The fourth-order valence-electron chi connectivity index (χ4n) is 0.539. The van der Waals surface area contributed by atoms with Crippen molar-refractivity contribution in [3.8, 4) is 0 Å². The summed E-state index contributed by atoms with van der Waals surface area (Å²) >= 11 is 0. The number of carbonyl (C=O) groups is 3. The first-order valence-corrected chi connectivity index (χ1v) is 4.86. The van der Waals surface area contributed by atoms with Crippen molar-refractivity contribution >= 4 is 28.5 Å². The average Bonchev–Trinajstić information content (AvgIpc) is 2.06. The molecule has 0 aromatic rings. The standard InChI is InChI=1S/C5H8O7Si/c1-2-9-13(10-3-6,11-4-7)12-5-8/h3-5H,2H2,1H3. The summed E-state index contributed by atoms with van der Waals surface area (Å²) in [6.07, 6.45) is 0. The van der Waals surface area contributed by atoms with Gasteiger partial charge in [0, 0.05) is 6.61 Å². The molecule has 7 nitrogen and oxygen atoms in total. The third kappa shape index (κ3) is 3.67. The molecule has 0 aliphatic heterocycles. The van der Waals surface area contributed by atoms with Gasteiger partial charge in [0.05, 0.1) is 0 Å². The molecule has 0 saturated carbocycles. The van der Waals surface area contributed by atoms with Crippen LogP contribution in [0.5, 0.6) is 0 Å². The Morgan fingerprint density at radius 3 is 1.62 bits per heavy atom. The minimum atomic E-state index is -3.90. The second-order valence-corrected chi connectivity index (χ2v) is 3.57. The fourth-order valence-corrected chi connectivity index (χ4v) is 1.62. The third-order valence-corrected chi connectivity index (χ3v) is 2.70. The molecule has 0 aliphatic rings. The SMILES string of the molecule is CCO[Si](OC=O)(OC=O)OC=O. The molecule has 0 spiro atoms. The zero-order valence-electron chi connectivity index (χ0n) is 6.80. The lowest BCUT2D eigenvalue weighted by Gasteiger charge is -2.18. The molecule has 0 heterocycles. The van der Waals surface area contributed by atoms with Crippen molar-refractivity contribution in [2.24, 2.45) is 0 Å². The van der Waals surface area contributed by atoms with Crippen molar-refractivity contribution in [3.63, 3.8) is 0 Å². The molecular formula is C5H8O7Si. The normalized spacial score (nSPS) is 9.92. The van der Waals surface area contributed by atoms with E-state index < -0.39 is 9.05 Å². The number of hydrogen-bond acceptors (Lipinski definition) is 7. The summed E-state index contributed by atoms with van der Waals surface area (Å²) in [5, 5.41) is 0. The first kappa shape index (κ1) is 11.6. The second kappa shape index (κ2) is 6.14. The molecule has 0 amide bonds. The minimum absolute atomic E-state index is 0.0190. The van der Waals surface area contributed by atoms with Crippen LogP contribution >= 0.6 is 0 Å². The Morgan fingerprint density at radius 1 is 1.00 bits per heavy atom. The molecule has 13 heavy (non-hydrogen) atoms. The Balaban J connectivity index is 4.44. The third-order valence-electron chi connectivity index (χ3n) is 0.898. The molecule has 0 aromatic heterocycles. The van der Waals surface area contributed by atoms with Crippen LogP contribution in [-0.2, 0) is 32.1 Å². The second-order valence-electron chi connectivity index (χ2n) is 1.58. The molecule has 0 saturated heterocycles. The molecule has 0 rings (SSSR count). The van der Waals surface area contributed by atoms with Gasteiger partial charge in [-0.05, 0) is 6.92 Å². The number of rotatable bonds is 8. The van der Waals surface area contributed by atoms with Gasteiger partial charge in [-0.3, -0.25) is 14.4 Å². The predicted octanol–water partition coefficient (Wildman–Crippen LogP) is -1.02. The van der Waals surface area contributed by atoms with E-state index in [1.165, 1.54) is 0 Å². The Morgan fingerprint density at radius 2 is 1.38 bits per heavy atom. The number of hydrogen-bond donors (Lipinski definition) is 0. The lowest BCUT2D eigenvalue weighted by Crippen LogP contribution is -2.48. The lowest BCUT2D eigenvalue weighted by atomic mass is 10.9. The van der Waals surface area contributed by atoms with E-state index in [9.17, 15) is 14.4 Å². The highest BCUT2D eigenvalue weighted by Crippen LogP contribution is 2.07. The van der Waals surface area contributed by atoms with Crippen molar-refractivity contribution in [1.82, 2.24) is 0 Å². The zero-order valence-corrected chi connectivity index (χ0v) is 7.80. The summed E-state index contributed by atoms with van der Waals surface area (Å²) in [4.78, 5) is 30.0. The first-order chi connectivity index (χ1) is 6.24. The van der Waals surface area contributed by atoms with Gasteiger partial charge in [-0.15, -0.1) is 0 Å². The van der Waals surface area contributed by atoms with E-state index >= 15 is 0 Å². The highest BCUT2D eigenvalue weighted by atomic mass is 28.4. The fraction of sp³-hybridized carbons (Fsp3) is 0.400. The average molecular weight is 208 g/mol. The molecule has 0 fully saturated rings. The Bertz CT molecular complexity index is 155. The van der Waals surface area contributed by atoms with Crippen LogP contribution < -0.4 is 0 Å². The van der Waals surface area contributed by atoms with E-state index in [2.05, 4.69) is 13.3 Å². The van der Waals surface area contributed by atoms with Crippen LogP contribution in [0.3, 0.4) is 0 Å². The molecule has 0 bridgehead atoms. The highest BCUT2D eigenvalue weighted by molar-refractivity contribution is 6.57. The van der Waals surface area contributed by atoms with Crippen LogP contribution in [0.25, 0.3) is 0 Å². The van der Waals surface area contributed by atoms with Crippen molar-refractivity contribution in [1.29, 1.82) is 0 Å². The van der Waals surface area contributed by atoms with Gasteiger partial charge in [0.25, 0.3) is 19.4 Å². The van der Waals surface area contributed by atoms with Crippen LogP contribution in [0.15, 0.2) is 0 Å². The van der Waals surface area contributed by atoms with Gasteiger partial charge in [-0.1, -0.05) is 0 Å². The van der Waals surface area contributed by atoms with Gasteiger partial charge in [-0.25, -0.2) is 0 Å². The first-order valence-electron chi connectivity index (χ1n) is 3.23. The van der Waals surface area contributed by atoms with Crippen molar-refractivity contribution in [2.45, 2.75) is 6.92 Å². The molecule has 0 aromatic carbocycles. The molecule has 0 N–H and O–H groups in total. The predicted molar refractivity (Wildman–Crippen MR) is 38.8 cm³/mol. The summed E-state index contributed by atoms with van der Waals surface area (Å²) < 4.78 is 17.6. The number of carbonyl (C=O) groups excluding carboxylic acids is 3. The van der Waals surface area contributed by atoms with Crippen LogP contribution in [0.2, 0.25) is 0 Å². The molecule has 0 radical (unpaired) electrons. The maximum absolute atomic E-state index is 9.99. The van der Waals surface area contributed by atoms with Gasteiger partial charge in [0.2, 0.25) is 0 Å². The van der Waals surface area contributed by atoms with E-state index in [-0.39, 0.29) is 26.0 Å².